The third kappa shape index (κ3) is 3.70. The number of rotatable bonds is 4. The van der Waals surface area contributed by atoms with E-state index < -0.39 is 0 Å². The fourth-order valence-electron chi connectivity index (χ4n) is 1.44. The average Bonchev–Trinajstić information content (AvgIpc) is 2.14. The van der Waals surface area contributed by atoms with Crippen molar-refractivity contribution in [1.29, 1.82) is 0 Å². The van der Waals surface area contributed by atoms with E-state index in [1.807, 2.05) is 0 Å². The summed E-state index contributed by atoms with van der Waals surface area (Å²) in [6.07, 6.45) is 2.15. The van der Waals surface area contributed by atoms with Crippen LogP contribution in [0.3, 0.4) is 0 Å². The summed E-state index contributed by atoms with van der Waals surface area (Å²) in [6, 6.07) is 6.69. The molecule has 0 spiro atoms. The van der Waals surface area contributed by atoms with Crippen LogP contribution in [-0.4, -0.2) is 5.88 Å². The minimum Gasteiger partial charge on any atom is -0.127 e. The van der Waals surface area contributed by atoms with Crippen LogP contribution in [-0.2, 0) is 11.8 Å². The zero-order chi connectivity index (χ0) is 9.68. The molecule has 0 atom stereocenters. The van der Waals surface area contributed by atoms with Gasteiger partial charge in [0, 0.05) is 11.2 Å². The summed E-state index contributed by atoms with van der Waals surface area (Å²) in [7, 11) is 0. The van der Waals surface area contributed by atoms with Crippen molar-refractivity contribution in [2.45, 2.75) is 25.1 Å². The summed E-state index contributed by atoms with van der Waals surface area (Å²) >= 11 is 9.12. The van der Waals surface area contributed by atoms with Crippen molar-refractivity contribution in [2.24, 2.45) is 0 Å². The van der Waals surface area contributed by atoms with Gasteiger partial charge in [0.1, 0.15) is 0 Å². The molecule has 0 N–H and O–H groups in total. The molecule has 0 aliphatic heterocycles. The number of aryl methyl sites for hydroxylation is 2. The van der Waals surface area contributed by atoms with Gasteiger partial charge in [-0.1, -0.05) is 39.7 Å². The molecule has 0 saturated heterocycles. The number of hydrogen-bond acceptors (Lipinski definition) is 0. The first-order valence-electron chi connectivity index (χ1n) is 4.47. The number of benzene rings is 1. The summed E-state index contributed by atoms with van der Waals surface area (Å²) < 4.78 is 0. The van der Waals surface area contributed by atoms with Crippen molar-refractivity contribution in [2.75, 3.05) is 5.88 Å². The van der Waals surface area contributed by atoms with Gasteiger partial charge >= 0.3 is 0 Å². The minimum atomic E-state index is 0.748. The minimum absolute atomic E-state index is 0.748. The summed E-state index contributed by atoms with van der Waals surface area (Å²) in [5, 5.41) is 0.933. The SMILES string of the molecule is Cc1cc(CBr)cc(CCCCl)c1. The van der Waals surface area contributed by atoms with Gasteiger partial charge in [0.15, 0.2) is 0 Å². The van der Waals surface area contributed by atoms with E-state index in [0.29, 0.717) is 0 Å². The van der Waals surface area contributed by atoms with Gasteiger partial charge in [-0.25, -0.2) is 0 Å². The Labute approximate surface area is 93.4 Å². The van der Waals surface area contributed by atoms with Crippen LogP contribution in [0, 0.1) is 6.92 Å². The normalized spacial score (nSPS) is 10.4. The van der Waals surface area contributed by atoms with Gasteiger partial charge in [0.25, 0.3) is 0 Å². The van der Waals surface area contributed by atoms with E-state index in [-0.39, 0.29) is 0 Å². The van der Waals surface area contributed by atoms with E-state index >= 15 is 0 Å². The summed E-state index contributed by atoms with van der Waals surface area (Å²) in [4.78, 5) is 0. The van der Waals surface area contributed by atoms with Gasteiger partial charge in [-0.3, -0.25) is 0 Å². The Bertz CT molecular complexity index is 271. The van der Waals surface area contributed by atoms with Crippen molar-refractivity contribution >= 4 is 27.5 Å². The first kappa shape index (κ1) is 11.1. The van der Waals surface area contributed by atoms with E-state index in [1.165, 1.54) is 16.7 Å². The van der Waals surface area contributed by atoms with E-state index in [9.17, 15) is 0 Å². The van der Waals surface area contributed by atoms with Gasteiger partial charge in [0.05, 0.1) is 0 Å². The van der Waals surface area contributed by atoms with E-state index in [4.69, 9.17) is 11.6 Å². The lowest BCUT2D eigenvalue weighted by atomic mass is 10.0. The molecule has 0 heterocycles. The monoisotopic (exact) mass is 260 g/mol. The van der Waals surface area contributed by atoms with Crippen LogP contribution in [0.2, 0.25) is 0 Å². The molecule has 0 aromatic heterocycles. The predicted molar refractivity (Wildman–Crippen MR) is 62.9 cm³/mol. The molecule has 1 aromatic rings. The van der Waals surface area contributed by atoms with Crippen LogP contribution in [0.4, 0.5) is 0 Å². The topological polar surface area (TPSA) is 0 Å². The van der Waals surface area contributed by atoms with Crippen LogP contribution < -0.4 is 0 Å². The maximum absolute atomic E-state index is 5.66. The van der Waals surface area contributed by atoms with Gasteiger partial charge in [-0.15, -0.1) is 11.6 Å². The predicted octanol–water partition coefficient (Wildman–Crippen LogP) is 4.06. The van der Waals surface area contributed by atoms with Crippen LogP contribution in [0.15, 0.2) is 18.2 Å². The first-order valence-corrected chi connectivity index (χ1v) is 6.13. The van der Waals surface area contributed by atoms with Crippen LogP contribution >= 0.6 is 27.5 Å². The highest BCUT2D eigenvalue weighted by molar-refractivity contribution is 9.08. The van der Waals surface area contributed by atoms with Gasteiger partial charge in [0.2, 0.25) is 0 Å². The first-order chi connectivity index (χ1) is 6.26. The molecule has 0 aliphatic rings. The van der Waals surface area contributed by atoms with Crippen molar-refractivity contribution in [1.82, 2.24) is 0 Å². The van der Waals surface area contributed by atoms with Crippen LogP contribution in [0.25, 0.3) is 0 Å². The third-order valence-corrected chi connectivity index (χ3v) is 2.87. The standard InChI is InChI=1S/C11H14BrCl/c1-9-5-10(3-2-4-13)7-11(6-9)8-12/h5-7H,2-4,8H2,1H3. The molecule has 0 aliphatic carbocycles. The smallest absolute Gasteiger partial charge is 0.0283 e. The average molecular weight is 262 g/mol. The quantitative estimate of drug-likeness (QED) is 0.717. The maximum atomic E-state index is 5.66. The summed E-state index contributed by atoms with van der Waals surface area (Å²) in [5.41, 5.74) is 4.08. The van der Waals surface area contributed by atoms with Crippen molar-refractivity contribution in [3.63, 3.8) is 0 Å². The molecule has 0 bridgehead atoms. The van der Waals surface area contributed by atoms with Crippen molar-refractivity contribution in [3.05, 3.63) is 34.9 Å². The Morgan fingerprint density at radius 2 is 1.92 bits per heavy atom. The van der Waals surface area contributed by atoms with E-state index in [0.717, 1.165) is 24.1 Å². The molecule has 13 heavy (non-hydrogen) atoms. The number of alkyl halides is 2. The zero-order valence-electron chi connectivity index (χ0n) is 7.82. The molecule has 72 valence electrons. The largest absolute Gasteiger partial charge is 0.127 e. The van der Waals surface area contributed by atoms with Crippen LogP contribution in [0.5, 0.6) is 0 Å². The second-order valence-electron chi connectivity index (χ2n) is 3.25. The molecule has 1 rings (SSSR count). The Morgan fingerprint density at radius 3 is 2.54 bits per heavy atom. The van der Waals surface area contributed by atoms with Crippen molar-refractivity contribution < 1.29 is 0 Å². The second-order valence-corrected chi connectivity index (χ2v) is 4.19. The molecule has 0 radical (unpaired) electrons. The Hall–Kier alpha value is -0.0100. The lowest BCUT2D eigenvalue weighted by Crippen LogP contribution is -1.90. The lowest BCUT2D eigenvalue weighted by Gasteiger charge is -2.04. The fourth-order valence-corrected chi connectivity index (χ4v) is 1.90. The highest BCUT2D eigenvalue weighted by atomic mass is 79.9. The number of hydrogen-bond donors (Lipinski definition) is 0. The molecule has 0 amide bonds. The Balaban J connectivity index is 2.76. The molecule has 2 heteroatoms. The van der Waals surface area contributed by atoms with Gasteiger partial charge in [-0.2, -0.15) is 0 Å². The van der Waals surface area contributed by atoms with E-state index in [2.05, 4.69) is 41.1 Å². The summed E-state index contributed by atoms with van der Waals surface area (Å²) in [6.45, 7) is 2.14. The fraction of sp³-hybridized carbons (Fsp3) is 0.455. The molecular formula is C11H14BrCl. The molecule has 0 nitrogen and oxygen atoms in total. The Kier molecular flexibility index (Phi) is 4.82. The molecule has 0 saturated carbocycles. The zero-order valence-corrected chi connectivity index (χ0v) is 10.2. The molecule has 0 fully saturated rings. The number of halogens is 2. The Morgan fingerprint density at radius 1 is 1.23 bits per heavy atom. The van der Waals surface area contributed by atoms with Gasteiger partial charge < -0.3 is 0 Å². The second kappa shape index (κ2) is 5.66. The van der Waals surface area contributed by atoms with E-state index in [1.54, 1.807) is 0 Å². The molecule has 1 aromatic carbocycles. The highest BCUT2D eigenvalue weighted by Gasteiger charge is 1.97. The molecular weight excluding hydrogens is 247 g/mol. The van der Waals surface area contributed by atoms with Crippen molar-refractivity contribution in [3.8, 4) is 0 Å². The third-order valence-electron chi connectivity index (χ3n) is 1.95. The highest BCUT2D eigenvalue weighted by Crippen LogP contribution is 2.14. The maximum Gasteiger partial charge on any atom is 0.0283 e. The van der Waals surface area contributed by atoms with Crippen LogP contribution in [0.1, 0.15) is 23.1 Å². The summed E-state index contributed by atoms with van der Waals surface area (Å²) in [5.74, 6) is 0.748. The lowest BCUT2D eigenvalue weighted by molar-refractivity contribution is 0.925. The molecule has 0 unspecified atom stereocenters. The van der Waals surface area contributed by atoms with Gasteiger partial charge in [-0.05, 0) is 30.9 Å².